The normalized spacial score (nSPS) is 17.7. The summed E-state index contributed by atoms with van der Waals surface area (Å²) in [6, 6.07) is 8.31. The molecule has 0 saturated heterocycles. The predicted octanol–water partition coefficient (Wildman–Crippen LogP) is 4.74. The fourth-order valence-corrected chi connectivity index (χ4v) is 4.59. The highest BCUT2D eigenvalue weighted by Crippen LogP contribution is 2.31. The molecule has 1 aromatic heterocycles. The van der Waals surface area contributed by atoms with E-state index in [1.54, 1.807) is 6.08 Å². The topological polar surface area (TPSA) is 73.8 Å². The van der Waals surface area contributed by atoms with Crippen LogP contribution in [0.5, 0.6) is 0 Å². The second-order valence-corrected chi connectivity index (χ2v) is 8.31. The number of aliphatic imine (C=N–C) groups is 1. The number of para-hydroxylation sites is 1. The van der Waals surface area contributed by atoms with E-state index in [1.807, 2.05) is 19.9 Å². The van der Waals surface area contributed by atoms with Gasteiger partial charge >= 0.3 is 0 Å². The highest BCUT2D eigenvalue weighted by molar-refractivity contribution is 8.26. The zero-order valence-corrected chi connectivity index (χ0v) is 18.0. The summed E-state index contributed by atoms with van der Waals surface area (Å²) in [6.45, 7) is 10.3. The molecular formula is C22H23N5OS. The number of aryl methyl sites for hydroxylation is 3. The van der Waals surface area contributed by atoms with Gasteiger partial charge in [-0.2, -0.15) is 15.1 Å². The lowest BCUT2D eigenvalue weighted by Crippen LogP contribution is -2.35. The molecule has 0 spiro atoms. The van der Waals surface area contributed by atoms with E-state index < -0.39 is 5.91 Å². The number of hydrazone groups is 1. The van der Waals surface area contributed by atoms with E-state index in [0.717, 1.165) is 34.1 Å². The summed E-state index contributed by atoms with van der Waals surface area (Å²) in [5, 5.41) is 15.7. The fourth-order valence-electron chi connectivity index (χ4n) is 3.77. The van der Waals surface area contributed by atoms with Crippen molar-refractivity contribution in [1.29, 1.82) is 5.41 Å². The molecule has 6 nitrogen and oxygen atoms in total. The lowest BCUT2D eigenvalue weighted by Gasteiger charge is -2.20. The van der Waals surface area contributed by atoms with Crippen LogP contribution >= 0.6 is 11.8 Å². The average Bonchev–Trinajstić information content (AvgIpc) is 3.20. The van der Waals surface area contributed by atoms with Crippen LogP contribution in [0.25, 0.3) is 11.8 Å². The van der Waals surface area contributed by atoms with Crippen LogP contribution in [-0.2, 0) is 4.79 Å². The standard InChI is InChI=1S/C22H23N5OS/c1-6-18-25-27-20(23)17(21(28)24-22(27)29-18)11-16-10-14(4)26(15(16)5)19-12(2)8-7-9-13(19)3/h7-11,23H,6H2,1-5H3/b17-11+,23-20?. The number of hydrogen-bond acceptors (Lipinski definition) is 4. The molecule has 29 heavy (non-hydrogen) atoms. The SMILES string of the molecule is CCC1=NN2C(=N)/C(=C\c3cc(C)n(-c4c(C)cccc4C)c3C)C(=O)N=C2S1. The van der Waals surface area contributed by atoms with Gasteiger partial charge in [0, 0.05) is 11.4 Å². The summed E-state index contributed by atoms with van der Waals surface area (Å²) in [6.07, 6.45) is 2.51. The molecule has 7 heteroatoms. The number of rotatable bonds is 3. The fraction of sp³-hybridized carbons (Fsp3) is 0.273. The van der Waals surface area contributed by atoms with Crippen LogP contribution in [0.4, 0.5) is 0 Å². The van der Waals surface area contributed by atoms with Crippen LogP contribution in [0.15, 0.2) is 39.9 Å². The number of nitrogens with one attached hydrogen (secondary N) is 1. The maximum atomic E-state index is 12.6. The number of hydrogen-bond donors (Lipinski definition) is 1. The second-order valence-electron chi connectivity index (χ2n) is 7.27. The van der Waals surface area contributed by atoms with Gasteiger partial charge in [-0.25, -0.2) is 0 Å². The van der Waals surface area contributed by atoms with Crippen molar-refractivity contribution in [2.24, 2.45) is 10.1 Å². The molecule has 3 heterocycles. The number of amides is 1. The highest BCUT2D eigenvalue weighted by atomic mass is 32.2. The molecule has 2 aromatic rings. The number of benzene rings is 1. The highest BCUT2D eigenvalue weighted by Gasteiger charge is 2.35. The first-order chi connectivity index (χ1) is 13.8. The van der Waals surface area contributed by atoms with E-state index in [1.165, 1.54) is 27.9 Å². The lowest BCUT2D eigenvalue weighted by molar-refractivity contribution is -0.114. The third-order valence-electron chi connectivity index (χ3n) is 5.23. The number of nitrogens with zero attached hydrogens (tertiary/aromatic N) is 4. The quantitative estimate of drug-likeness (QED) is 0.750. The van der Waals surface area contributed by atoms with Crippen molar-refractivity contribution in [1.82, 2.24) is 9.58 Å². The molecule has 1 aromatic carbocycles. The number of aromatic nitrogens is 1. The maximum Gasteiger partial charge on any atom is 0.283 e. The lowest BCUT2D eigenvalue weighted by atomic mass is 10.1. The van der Waals surface area contributed by atoms with Crippen molar-refractivity contribution in [3.8, 4) is 5.69 Å². The zero-order valence-electron chi connectivity index (χ0n) is 17.2. The van der Waals surface area contributed by atoms with Crippen molar-refractivity contribution >= 4 is 39.8 Å². The van der Waals surface area contributed by atoms with Gasteiger partial charge in [-0.3, -0.25) is 10.2 Å². The maximum absolute atomic E-state index is 12.6. The van der Waals surface area contributed by atoms with Crippen LogP contribution in [0.2, 0.25) is 0 Å². The molecule has 2 aliphatic rings. The molecule has 4 rings (SSSR count). The number of fused-ring (bicyclic) bond motifs is 1. The van der Waals surface area contributed by atoms with Gasteiger partial charge in [-0.15, -0.1) is 0 Å². The Kier molecular flexibility index (Phi) is 4.78. The van der Waals surface area contributed by atoms with Crippen molar-refractivity contribution in [2.75, 3.05) is 0 Å². The van der Waals surface area contributed by atoms with Crippen LogP contribution < -0.4 is 0 Å². The van der Waals surface area contributed by atoms with E-state index in [2.05, 4.69) is 53.6 Å². The molecule has 0 aliphatic carbocycles. The molecule has 0 radical (unpaired) electrons. The van der Waals surface area contributed by atoms with Crippen molar-refractivity contribution in [3.05, 3.63) is 57.9 Å². The van der Waals surface area contributed by atoms with Crippen LogP contribution in [0.1, 0.15) is 41.4 Å². The largest absolute Gasteiger partial charge is 0.317 e. The Morgan fingerprint density at radius 1 is 1.17 bits per heavy atom. The van der Waals surface area contributed by atoms with Gasteiger partial charge in [-0.05, 0) is 74.7 Å². The van der Waals surface area contributed by atoms with Gasteiger partial charge < -0.3 is 4.57 Å². The summed E-state index contributed by atoms with van der Waals surface area (Å²) in [4.78, 5) is 16.8. The monoisotopic (exact) mass is 405 g/mol. The molecule has 1 amide bonds. The van der Waals surface area contributed by atoms with Crippen molar-refractivity contribution in [2.45, 2.75) is 41.0 Å². The minimum atomic E-state index is -0.391. The predicted molar refractivity (Wildman–Crippen MR) is 120 cm³/mol. The molecule has 148 valence electrons. The van der Waals surface area contributed by atoms with Gasteiger partial charge in [0.2, 0.25) is 5.17 Å². The molecule has 0 fully saturated rings. The first-order valence-corrected chi connectivity index (χ1v) is 10.4. The number of thioether (sulfide) groups is 1. The average molecular weight is 406 g/mol. The molecule has 0 saturated carbocycles. The van der Waals surface area contributed by atoms with Crippen LogP contribution in [0.3, 0.4) is 0 Å². The zero-order chi connectivity index (χ0) is 20.9. The van der Waals surface area contributed by atoms with Crippen molar-refractivity contribution in [3.63, 3.8) is 0 Å². The third kappa shape index (κ3) is 3.15. The molecule has 0 unspecified atom stereocenters. The van der Waals surface area contributed by atoms with Crippen LogP contribution in [0, 0.1) is 33.1 Å². The summed E-state index contributed by atoms with van der Waals surface area (Å²) in [5.41, 5.74) is 6.81. The summed E-state index contributed by atoms with van der Waals surface area (Å²) in [5.74, 6) is -0.314. The Labute approximate surface area is 174 Å². The summed E-state index contributed by atoms with van der Waals surface area (Å²) in [7, 11) is 0. The van der Waals surface area contributed by atoms with Crippen molar-refractivity contribution < 1.29 is 4.79 Å². The minimum absolute atomic E-state index is 0.0767. The van der Waals surface area contributed by atoms with E-state index >= 15 is 0 Å². The molecule has 0 bridgehead atoms. The number of carbonyl (C=O) groups excluding carboxylic acids is 1. The number of amidine groups is 2. The smallest absolute Gasteiger partial charge is 0.283 e. The Morgan fingerprint density at radius 3 is 2.52 bits per heavy atom. The van der Waals surface area contributed by atoms with Crippen LogP contribution in [-0.4, -0.2) is 31.5 Å². The van der Waals surface area contributed by atoms with E-state index in [9.17, 15) is 4.79 Å². The van der Waals surface area contributed by atoms with E-state index in [4.69, 9.17) is 5.41 Å². The Balaban J connectivity index is 1.80. The molecule has 1 N–H and O–H groups in total. The second kappa shape index (κ2) is 7.15. The first-order valence-electron chi connectivity index (χ1n) is 9.56. The van der Waals surface area contributed by atoms with Gasteiger partial charge in [-0.1, -0.05) is 25.1 Å². The summed E-state index contributed by atoms with van der Waals surface area (Å²) < 4.78 is 2.21. The Bertz CT molecular complexity index is 1130. The van der Waals surface area contributed by atoms with Gasteiger partial charge in [0.25, 0.3) is 5.91 Å². The Hall–Kier alpha value is -2.93. The van der Waals surface area contributed by atoms with Gasteiger partial charge in [0.05, 0.1) is 11.3 Å². The summed E-state index contributed by atoms with van der Waals surface area (Å²) >= 11 is 1.35. The number of carbonyl (C=O) groups is 1. The molecule has 2 aliphatic heterocycles. The minimum Gasteiger partial charge on any atom is -0.317 e. The first kappa shape index (κ1) is 19.4. The van der Waals surface area contributed by atoms with Gasteiger partial charge in [0.15, 0.2) is 5.84 Å². The molecular weight excluding hydrogens is 382 g/mol. The van der Waals surface area contributed by atoms with E-state index in [-0.39, 0.29) is 11.4 Å². The van der Waals surface area contributed by atoms with E-state index in [0.29, 0.717) is 5.17 Å². The Morgan fingerprint density at radius 2 is 1.86 bits per heavy atom. The van der Waals surface area contributed by atoms with Gasteiger partial charge in [0.1, 0.15) is 5.04 Å². The molecule has 0 atom stereocenters. The third-order valence-corrected chi connectivity index (χ3v) is 6.28.